The van der Waals surface area contributed by atoms with Gasteiger partial charge in [-0.15, -0.1) is 11.3 Å². The molecule has 6 heteroatoms. The smallest absolute Gasteiger partial charge is 0.263 e. The fourth-order valence-electron chi connectivity index (χ4n) is 3.43. The second kappa shape index (κ2) is 7.19. The van der Waals surface area contributed by atoms with Gasteiger partial charge in [0, 0.05) is 43.8 Å². The Morgan fingerprint density at radius 1 is 1.28 bits per heavy atom. The number of nitrogens with zero attached hydrogens (tertiary/aromatic N) is 4. The summed E-state index contributed by atoms with van der Waals surface area (Å²) < 4.78 is 2.18. The average molecular weight is 352 g/mol. The molecule has 0 N–H and O–H groups in total. The average Bonchev–Trinajstić information content (AvgIpc) is 3.34. The molecule has 128 valence electrons. The lowest BCUT2D eigenvalue weighted by atomic mass is 9.97. The molecule has 0 spiro atoms. The molecule has 1 atom stereocenters. The van der Waals surface area contributed by atoms with Gasteiger partial charge in [-0.3, -0.25) is 9.78 Å². The van der Waals surface area contributed by atoms with Crippen molar-refractivity contribution in [2.45, 2.75) is 25.3 Å². The lowest BCUT2D eigenvalue weighted by Gasteiger charge is -2.32. The first kappa shape index (κ1) is 16.0. The number of aromatic nitrogens is 3. The third-order valence-electron chi connectivity index (χ3n) is 4.63. The first-order chi connectivity index (χ1) is 12.3. The van der Waals surface area contributed by atoms with Crippen molar-refractivity contribution in [3.05, 3.63) is 70.7 Å². The Balaban J connectivity index is 1.50. The van der Waals surface area contributed by atoms with Crippen LogP contribution in [-0.4, -0.2) is 38.4 Å². The topological polar surface area (TPSA) is 51.0 Å². The SMILES string of the molecule is O=C(c1cccs1)N1CCC[C@@H](c2nccn2Cc2cccnc2)C1. The molecule has 25 heavy (non-hydrogen) atoms. The quantitative estimate of drug-likeness (QED) is 0.723. The number of amides is 1. The van der Waals surface area contributed by atoms with E-state index in [4.69, 9.17) is 0 Å². The number of pyridine rings is 1. The van der Waals surface area contributed by atoms with Crippen molar-refractivity contribution in [3.63, 3.8) is 0 Å². The Morgan fingerprint density at radius 2 is 2.24 bits per heavy atom. The van der Waals surface area contributed by atoms with Crippen LogP contribution >= 0.6 is 11.3 Å². The van der Waals surface area contributed by atoms with E-state index in [9.17, 15) is 4.79 Å². The summed E-state index contributed by atoms with van der Waals surface area (Å²) >= 11 is 1.51. The first-order valence-corrected chi connectivity index (χ1v) is 9.42. The van der Waals surface area contributed by atoms with E-state index in [0.29, 0.717) is 0 Å². The van der Waals surface area contributed by atoms with Crippen LogP contribution < -0.4 is 0 Å². The molecule has 0 unspecified atom stereocenters. The molecule has 0 saturated carbocycles. The van der Waals surface area contributed by atoms with Crippen molar-refractivity contribution in [1.82, 2.24) is 19.4 Å². The highest BCUT2D eigenvalue weighted by Crippen LogP contribution is 2.27. The summed E-state index contributed by atoms with van der Waals surface area (Å²) in [7, 11) is 0. The van der Waals surface area contributed by atoms with Gasteiger partial charge in [0.2, 0.25) is 0 Å². The van der Waals surface area contributed by atoms with E-state index in [1.165, 1.54) is 11.3 Å². The predicted octanol–water partition coefficient (Wildman–Crippen LogP) is 3.41. The van der Waals surface area contributed by atoms with Gasteiger partial charge in [0.1, 0.15) is 5.82 Å². The highest BCUT2D eigenvalue weighted by Gasteiger charge is 2.28. The summed E-state index contributed by atoms with van der Waals surface area (Å²) in [5.74, 6) is 1.49. The van der Waals surface area contributed by atoms with Gasteiger partial charge >= 0.3 is 0 Å². The molecule has 4 rings (SSSR count). The molecule has 0 bridgehead atoms. The number of rotatable bonds is 4. The zero-order valence-electron chi connectivity index (χ0n) is 13.9. The number of likely N-dealkylation sites (tertiary alicyclic amines) is 1. The van der Waals surface area contributed by atoms with E-state index < -0.39 is 0 Å². The molecule has 0 radical (unpaired) electrons. The van der Waals surface area contributed by atoms with Crippen LogP contribution in [0.3, 0.4) is 0 Å². The standard InChI is InChI=1S/C19H20N4OS/c24-19(17-6-3-11-25-17)23-9-2-5-16(14-23)18-21-8-10-22(18)13-15-4-1-7-20-12-15/h1,3-4,6-8,10-12,16H,2,5,9,13-14H2/t16-/m1/s1. The fraction of sp³-hybridized carbons (Fsp3) is 0.316. The zero-order chi connectivity index (χ0) is 17.1. The minimum Gasteiger partial charge on any atom is -0.337 e. The van der Waals surface area contributed by atoms with Gasteiger partial charge in [0.15, 0.2) is 0 Å². The highest BCUT2D eigenvalue weighted by molar-refractivity contribution is 7.12. The molecule has 1 amide bonds. The molecule has 3 aromatic rings. The second-order valence-corrected chi connectivity index (χ2v) is 7.29. The number of carbonyl (C=O) groups excluding carboxylic acids is 1. The maximum Gasteiger partial charge on any atom is 0.263 e. The normalized spacial score (nSPS) is 17.6. The predicted molar refractivity (Wildman–Crippen MR) is 97.8 cm³/mol. The number of hydrogen-bond acceptors (Lipinski definition) is 4. The zero-order valence-corrected chi connectivity index (χ0v) is 14.7. The molecule has 4 heterocycles. The van der Waals surface area contributed by atoms with Crippen LogP contribution in [0.2, 0.25) is 0 Å². The molecule has 1 aliphatic rings. The molecular formula is C19H20N4OS. The second-order valence-electron chi connectivity index (χ2n) is 6.34. The van der Waals surface area contributed by atoms with E-state index in [1.54, 1.807) is 6.20 Å². The number of carbonyl (C=O) groups is 1. The van der Waals surface area contributed by atoms with E-state index in [0.717, 1.165) is 48.7 Å². The molecule has 5 nitrogen and oxygen atoms in total. The minimum absolute atomic E-state index is 0.144. The molecule has 1 aliphatic heterocycles. The summed E-state index contributed by atoms with van der Waals surface area (Å²) in [5.41, 5.74) is 1.16. The van der Waals surface area contributed by atoms with Gasteiger partial charge in [0.05, 0.1) is 11.4 Å². The largest absolute Gasteiger partial charge is 0.337 e. The van der Waals surface area contributed by atoms with Crippen molar-refractivity contribution >= 4 is 17.2 Å². The Bertz CT molecular complexity index is 828. The number of hydrogen-bond donors (Lipinski definition) is 0. The number of piperidine rings is 1. The lowest BCUT2D eigenvalue weighted by Crippen LogP contribution is -2.39. The van der Waals surface area contributed by atoms with Gasteiger partial charge in [-0.2, -0.15) is 0 Å². The van der Waals surface area contributed by atoms with Gasteiger partial charge in [-0.25, -0.2) is 4.98 Å². The highest BCUT2D eigenvalue weighted by atomic mass is 32.1. The van der Waals surface area contributed by atoms with Gasteiger partial charge in [-0.1, -0.05) is 12.1 Å². The van der Waals surface area contributed by atoms with Gasteiger partial charge in [0.25, 0.3) is 5.91 Å². The van der Waals surface area contributed by atoms with E-state index in [-0.39, 0.29) is 11.8 Å². The third-order valence-corrected chi connectivity index (χ3v) is 5.49. The molecule has 0 aromatic carbocycles. The van der Waals surface area contributed by atoms with E-state index in [2.05, 4.69) is 20.6 Å². The third kappa shape index (κ3) is 3.49. The summed E-state index contributed by atoms with van der Waals surface area (Å²) in [6.07, 6.45) is 9.62. The van der Waals surface area contributed by atoms with Crippen LogP contribution in [0.5, 0.6) is 0 Å². The van der Waals surface area contributed by atoms with Crippen molar-refractivity contribution < 1.29 is 4.79 Å². The van der Waals surface area contributed by atoms with Crippen LogP contribution in [-0.2, 0) is 6.54 Å². The maximum atomic E-state index is 12.7. The van der Waals surface area contributed by atoms with E-state index >= 15 is 0 Å². The summed E-state index contributed by atoms with van der Waals surface area (Å²) in [5, 5.41) is 1.95. The van der Waals surface area contributed by atoms with Crippen molar-refractivity contribution in [2.24, 2.45) is 0 Å². The van der Waals surface area contributed by atoms with Gasteiger partial charge in [-0.05, 0) is 35.9 Å². The van der Waals surface area contributed by atoms with E-state index in [1.807, 2.05) is 47.1 Å². The monoisotopic (exact) mass is 352 g/mol. The van der Waals surface area contributed by atoms with Crippen molar-refractivity contribution in [3.8, 4) is 0 Å². The maximum absolute atomic E-state index is 12.7. The number of imidazole rings is 1. The van der Waals surface area contributed by atoms with Crippen molar-refractivity contribution in [2.75, 3.05) is 13.1 Å². The Morgan fingerprint density at radius 3 is 3.04 bits per heavy atom. The van der Waals surface area contributed by atoms with Crippen LogP contribution in [0.25, 0.3) is 0 Å². The minimum atomic E-state index is 0.144. The first-order valence-electron chi connectivity index (χ1n) is 8.54. The van der Waals surface area contributed by atoms with Crippen molar-refractivity contribution in [1.29, 1.82) is 0 Å². The summed E-state index contributed by atoms with van der Waals surface area (Å²) in [6, 6.07) is 7.86. The van der Waals surface area contributed by atoms with Crippen LogP contribution in [0.4, 0.5) is 0 Å². The molecule has 0 aliphatic carbocycles. The summed E-state index contributed by atoms with van der Waals surface area (Å²) in [4.78, 5) is 24.2. The van der Waals surface area contributed by atoms with Crippen LogP contribution in [0, 0.1) is 0 Å². The van der Waals surface area contributed by atoms with Crippen LogP contribution in [0.1, 0.15) is 39.8 Å². The van der Waals surface area contributed by atoms with Gasteiger partial charge < -0.3 is 9.47 Å². The molecule has 3 aromatic heterocycles. The molecule has 1 fully saturated rings. The summed E-state index contributed by atoms with van der Waals surface area (Å²) in [6.45, 7) is 2.33. The molecule has 1 saturated heterocycles. The van der Waals surface area contributed by atoms with Crippen LogP contribution in [0.15, 0.2) is 54.4 Å². The fourth-order valence-corrected chi connectivity index (χ4v) is 4.12. The Hall–Kier alpha value is -2.47. The lowest BCUT2D eigenvalue weighted by molar-refractivity contribution is 0.0708. The number of thiophene rings is 1. The Labute approximate surface area is 151 Å². The Kier molecular flexibility index (Phi) is 4.61. The molecular weight excluding hydrogens is 332 g/mol.